The van der Waals surface area contributed by atoms with Crippen LogP contribution in [0.1, 0.15) is 23.6 Å². The summed E-state index contributed by atoms with van der Waals surface area (Å²) in [5, 5.41) is 3.43. The molecule has 24 heavy (non-hydrogen) atoms. The van der Waals surface area contributed by atoms with Gasteiger partial charge in [-0.1, -0.05) is 17.7 Å². The van der Waals surface area contributed by atoms with Crippen LogP contribution in [0.2, 0.25) is 5.02 Å². The third kappa shape index (κ3) is 4.36. The van der Waals surface area contributed by atoms with Gasteiger partial charge in [0.15, 0.2) is 0 Å². The maximum absolute atomic E-state index is 12.3. The number of anilines is 2. The monoisotopic (exact) mass is 344 g/mol. The van der Waals surface area contributed by atoms with Crippen LogP contribution in [0.25, 0.3) is 0 Å². The SMILES string of the molecule is CC(=O)N(CC(=O)Nc1ccc(C)c(C)c1)c1ccc(Cl)cc1C. The third-order valence-corrected chi connectivity index (χ3v) is 4.16. The summed E-state index contributed by atoms with van der Waals surface area (Å²) in [5.74, 6) is -0.446. The van der Waals surface area contributed by atoms with Gasteiger partial charge in [-0.2, -0.15) is 0 Å². The number of carbonyl (C=O) groups is 2. The molecule has 0 unspecified atom stereocenters. The van der Waals surface area contributed by atoms with Crippen molar-refractivity contribution in [2.75, 3.05) is 16.8 Å². The molecular formula is C19H21ClN2O2. The zero-order valence-electron chi connectivity index (χ0n) is 14.3. The second-order valence-corrected chi connectivity index (χ2v) is 6.32. The van der Waals surface area contributed by atoms with Crippen LogP contribution in [0.3, 0.4) is 0 Å². The molecule has 4 nitrogen and oxygen atoms in total. The fraction of sp³-hybridized carbons (Fsp3) is 0.263. The number of carbonyl (C=O) groups excluding carboxylic acids is 2. The minimum absolute atomic E-state index is 0.0509. The molecule has 126 valence electrons. The zero-order chi connectivity index (χ0) is 17.9. The highest BCUT2D eigenvalue weighted by Crippen LogP contribution is 2.24. The molecule has 5 heteroatoms. The number of hydrogen-bond acceptors (Lipinski definition) is 2. The topological polar surface area (TPSA) is 49.4 Å². The maximum Gasteiger partial charge on any atom is 0.244 e. The molecule has 0 saturated carbocycles. The Morgan fingerprint density at radius 1 is 1.00 bits per heavy atom. The van der Waals surface area contributed by atoms with Crippen molar-refractivity contribution in [3.05, 3.63) is 58.1 Å². The zero-order valence-corrected chi connectivity index (χ0v) is 15.1. The van der Waals surface area contributed by atoms with E-state index in [4.69, 9.17) is 11.6 Å². The Labute approximate surface area is 147 Å². The van der Waals surface area contributed by atoms with E-state index in [1.807, 2.05) is 39.0 Å². The first-order valence-electron chi connectivity index (χ1n) is 7.69. The molecule has 0 heterocycles. The van der Waals surface area contributed by atoms with E-state index in [0.717, 1.165) is 22.4 Å². The van der Waals surface area contributed by atoms with Crippen LogP contribution in [-0.4, -0.2) is 18.4 Å². The first-order chi connectivity index (χ1) is 11.3. The number of amides is 2. The molecule has 0 fully saturated rings. The Morgan fingerprint density at radius 3 is 2.29 bits per heavy atom. The molecule has 0 saturated heterocycles. The molecule has 0 bridgehead atoms. The predicted molar refractivity (Wildman–Crippen MR) is 98.8 cm³/mol. The minimum Gasteiger partial charge on any atom is -0.325 e. The normalized spacial score (nSPS) is 10.4. The van der Waals surface area contributed by atoms with Gasteiger partial charge >= 0.3 is 0 Å². The second kappa shape index (κ2) is 7.49. The highest BCUT2D eigenvalue weighted by molar-refractivity contribution is 6.30. The summed E-state index contributed by atoms with van der Waals surface area (Å²) in [6.07, 6.45) is 0. The van der Waals surface area contributed by atoms with Crippen molar-refractivity contribution in [3.8, 4) is 0 Å². The highest BCUT2D eigenvalue weighted by atomic mass is 35.5. The van der Waals surface area contributed by atoms with Crippen LogP contribution in [0.15, 0.2) is 36.4 Å². The van der Waals surface area contributed by atoms with E-state index >= 15 is 0 Å². The summed E-state index contributed by atoms with van der Waals surface area (Å²) in [4.78, 5) is 25.8. The molecule has 2 rings (SSSR count). The molecule has 1 N–H and O–H groups in total. The molecule has 2 aromatic rings. The Bertz CT molecular complexity index is 787. The van der Waals surface area contributed by atoms with E-state index < -0.39 is 0 Å². The standard InChI is InChI=1S/C19H21ClN2O2/c1-12-5-7-17(10-13(12)2)21-19(24)11-22(15(4)23)18-8-6-16(20)9-14(18)3/h5-10H,11H2,1-4H3,(H,21,24). The highest BCUT2D eigenvalue weighted by Gasteiger charge is 2.18. The molecule has 0 radical (unpaired) electrons. The summed E-state index contributed by atoms with van der Waals surface area (Å²) in [5.41, 5.74) is 4.51. The van der Waals surface area contributed by atoms with Gasteiger partial charge in [-0.25, -0.2) is 0 Å². The number of benzene rings is 2. The second-order valence-electron chi connectivity index (χ2n) is 5.88. The first-order valence-corrected chi connectivity index (χ1v) is 8.07. The van der Waals surface area contributed by atoms with Crippen LogP contribution in [-0.2, 0) is 9.59 Å². The van der Waals surface area contributed by atoms with Gasteiger partial charge in [-0.3, -0.25) is 9.59 Å². The van der Waals surface area contributed by atoms with Gasteiger partial charge in [-0.15, -0.1) is 0 Å². The maximum atomic E-state index is 12.3. The lowest BCUT2D eigenvalue weighted by atomic mass is 10.1. The van der Waals surface area contributed by atoms with Crippen molar-refractivity contribution in [3.63, 3.8) is 0 Å². The van der Waals surface area contributed by atoms with E-state index in [-0.39, 0.29) is 18.4 Å². The Hall–Kier alpha value is -2.33. The number of halogens is 1. The summed E-state index contributed by atoms with van der Waals surface area (Å²) >= 11 is 5.96. The van der Waals surface area contributed by atoms with Crippen molar-refractivity contribution in [2.24, 2.45) is 0 Å². The van der Waals surface area contributed by atoms with Gasteiger partial charge in [0.2, 0.25) is 11.8 Å². The molecule has 0 aromatic heterocycles. The summed E-state index contributed by atoms with van der Waals surface area (Å²) in [7, 11) is 0. The van der Waals surface area contributed by atoms with E-state index in [0.29, 0.717) is 10.7 Å². The molecule has 0 aliphatic heterocycles. The van der Waals surface area contributed by atoms with Gasteiger partial charge < -0.3 is 10.2 Å². The molecule has 0 aliphatic carbocycles. The van der Waals surface area contributed by atoms with Crippen LogP contribution < -0.4 is 10.2 Å². The molecular weight excluding hydrogens is 324 g/mol. The van der Waals surface area contributed by atoms with Gasteiger partial charge in [0.05, 0.1) is 0 Å². The summed E-state index contributed by atoms with van der Waals surface area (Å²) < 4.78 is 0. The van der Waals surface area contributed by atoms with Crippen LogP contribution >= 0.6 is 11.6 Å². The van der Waals surface area contributed by atoms with Gasteiger partial charge in [-0.05, 0) is 67.8 Å². The molecule has 0 aliphatic rings. The number of rotatable bonds is 4. The van der Waals surface area contributed by atoms with Crippen molar-refractivity contribution in [1.82, 2.24) is 0 Å². The van der Waals surface area contributed by atoms with E-state index in [1.54, 1.807) is 18.2 Å². The van der Waals surface area contributed by atoms with Crippen LogP contribution in [0.5, 0.6) is 0 Å². The fourth-order valence-electron chi connectivity index (χ4n) is 2.45. The molecule has 0 spiro atoms. The van der Waals surface area contributed by atoms with E-state index in [2.05, 4.69) is 5.32 Å². The summed E-state index contributed by atoms with van der Waals surface area (Å²) in [6, 6.07) is 11.0. The Kier molecular flexibility index (Phi) is 5.62. The fourth-order valence-corrected chi connectivity index (χ4v) is 2.68. The van der Waals surface area contributed by atoms with Crippen molar-refractivity contribution < 1.29 is 9.59 Å². The predicted octanol–water partition coefficient (Wildman–Crippen LogP) is 4.26. The van der Waals surface area contributed by atoms with E-state index in [1.165, 1.54) is 11.8 Å². The average molecular weight is 345 g/mol. The average Bonchev–Trinajstić information content (AvgIpc) is 2.49. The van der Waals surface area contributed by atoms with Crippen LogP contribution in [0.4, 0.5) is 11.4 Å². The largest absolute Gasteiger partial charge is 0.325 e. The van der Waals surface area contributed by atoms with Crippen molar-refractivity contribution in [1.29, 1.82) is 0 Å². The lowest BCUT2D eigenvalue weighted by Gasteiger charge is -2.23. The lowest BCUT2D eigenvalue weighted by molar-refractivity contribution is -0.120. The van der Waals surface area contributed by atoms with Gasteiger partial charge in [0, 0.05) is 23.3 Å². The molecule has 2 amide bonds. The van der Waals surface area contributed by atoms with Crippen molar-refractivity contribution in [2.45, 2.75) is 27.7 Å². The van der Waals surface area contributed by atoms with Gasteiger partial charge in [0.1, 0.15) is 6.54 Å². The van der Waals surface area contributed by atoms with E-state index in [9.17, 15) is 9.59 Å². The quantitative estimate of drug-likeness (QED) is 0.901. The van der Waals surface area contributed by atoms with Gasteiger partial charge in [0.25, 0.3) is 0 Å². The number of nitrogens with zero attached hydrogens (tertiary/aromatic N) is 1. The number of nitrogens with one attached hydrogen (secondary N) is 1. The molecule has 2 aromatic carbocycles. The number of aryl methyl sites for hydroxylation is 3. The molecule has 0 atom stereocenters. The third-order valence-electron chi connectivity index (χ3n) is 3.92. The Balaban J connectivity index is 2.16. The smallest absolute Gasteiger partial charge is 0.244 e. The first kappa shape index (κ1) is 18.0. The van der Waals surface area contributed by atoms with Crippen LogP contribution in [0, 0.1) is 20.8 Å². The van der Waals surface area contributed by atoms with Crippen molar-refractivity contribution >= 4 is 34.8 Å². The number of hydrogen-bond donors (Lipinski definition) is 1. The lowest BCUT2D eigenvalue weighted by Crippen LogP contribution is -2.37. The summed E-state index contributed by atoms with van der Waals surface area (Å²) in [6.45, 7) is 7.26. The minimum atomic E-state index is -0.247. The Morgan fingerprint density at radius 2 is 1.71 bits per heavy atom.